The molecule has 0 unspecified atom stereocenters. The van der Waals surface area contributed by atoms with Gasteiger partial charge < -0.3 is 19.7 Å². The Morgan fingerprint density at radius 1 is 1.00 bits per heavy atom. The number of aromatic carboxylic acids is 1. The van der Waals surface area contributed by atoms with E-state index in [1.54, 1.807) is 29.2 Å². The topological polar surface area (TPSA) is 131 Å². The van der Waals surface area contributed by atoms with Crippen molar-refractivity contribution in [1.29, 1.82) is 0 Å². The molecule has 48 heavy (non-hydrogen) atoms. The van der Waals surface area contributed by atoms with E-state index in [0.717, 1.165) is 46.7 Å². The van der Waals surface area contributed by atoms with Gasteiger partial charge in [-0.05, 0) is 104 Å². The minimum Gasteiger partial charge on any atom is -0.476 e. The molecule has 0 radical (unpaired) electrons. The lowest BCUT2D eigenvalue weighted by Gasteiger charge is -2.56. The predicted molar refractivity (Wildman–Crippen MR) is 180 cm³/mol. The van der Waals surface area contributed by atoms with Crippen LogP contribution in [0.15, 0.2) is 61.3 Å². The van der Waals surface area contributed by atoms with Crippen LogP contribution in [0, 0.1) is 30.1 Å². The summed E-state index contributed by atoms with van der Waals surface area (Å²) >= 11 is 0. The first-order valence-corrected chi connectivity index (χ1v) is 17.0. The molecule has 4 saturated carbocycles. The number of benzene rings is 1. The summed E-state index contributed by atoms with van der Waals surface area (Å²) < 4.78 is 3.93. The maximum atomic E-state index is 13.5. The lowest BCUT2D eigenvalue weighted by atomic mass is 9.49. The fraction of sp³-hybridized carbons (Fsp3) is 0.405. The lowest BCUT2D eigenvalue weighted by molar-refractivity contribution is -0.0638. The molecule has 4 fully saturated rings. The molecule has 0 saturated heterocycles. The van der Waals surface area contributed by atoms with E-state index in [4.69, 9.17) is 10.1 Å². The fourth-order valence-corrected chi connectivity index (χ4v) is 9.75. The molecule has 0 spiro atoms. The summed E-state index contributed by atoms with van der Waals surface area (Å²) in [7, 11) is 0. The second-order valence-corrected chi connectivity index (χ2v) is 14.6. The molecule has 4 aliphatic carbocycles. The normalized spacial score (nSPS) is 24.2. The smallest absolute Gasteiger partial charge is 0.355 e. The van der Waals surface area contributed by atoms with E-state index in [1.807, 2.05) is 36.5 Å². The molecule has 2 N–H and O–H groups in total. The monoisotopic (exact) mass is 642 g/mol. The number of hydrogen-bond acceptors (Lipinski definition) is 7. The first kappa shape index (κ1) is 29.1. The van der Waals surface area contributed by atoms with E-state index in [9.17, 15) is 14.7 Å². The summed E-state index contributed by atoms with van der Waals surface area (Å²) in [4.78, 5) is 41.5. The zero-order valence-electron chi connectivity index (χ0n) is 27.0. The molecule has 11 heteroatoms. The van der Waals surface area contributed by atoms with Gasteiger partial charge in [0.1, 0.15) is 5.82 Å². The van der Waals surface area contributed by atoms with Crippen LogP contribution in [0.25, 0.3) is 16.8 Å². The molecule has 0 atom stereocenters. The van der Waals surface area contributed by atoms with Crippen molar-refractivity contribution in [1.82, 2.24) is 29.1 Å². The largest absolute Gasteiger partial charge is 0.476 e. The van der Waals surface area contributed by atoms with Crippen LogP contribution in [0.1, 0.15) is 76.2 Å². The van der Waals surface area contributed by atoms with Crippen LogP contribution in [0.4, 0.5) is 11.6 Å². The van der Waals surface area contributed by atoms with E-state index in [-0.39, 0.29) is 11.6 Å². The van der Waals surface area contributed by atoms with Gasteiger partial charge in [-0.25, -0.2) is 14.8 Å². The SMILES string of the molecule is Cc1c(-c2ccc(N3CCc4cccc(C(=O)Nc5cn6ccncc6n5)c4C3)nc2C(=O)O)cnn1CC12CC3CC(CC(C3)C1)C2. The van der Waals surface area contributed by atoms with E-state index >= 15 is 0 Å². The van der Waals surface area contributed by atoms with Crippen LogP contribution in [-0.4, -0.2) is 52.7 Å². The first-order chi connectivity index (χ1) is 23.3. The standard InChI is InChI=1S/C37H38N8O3/c1-22-29(17-39-45(22)21-37-14-23-11-24(15-37)13-25(12-23)16-37)27-5-6-32(42-34(27)36(47)48)43-9-7-26-3-2-4-28(30(26)19-43)35(46)41-31-20-44-10-8-38-18-33(44)40-31/h2-6,8,10,17-18,20,23-25H,7,9,11-16,19,21H2,1H3,(H,41,46)(H,47,48). The number of nitrogens with one attached hydrogen (secondary N) is 1. The average Bonchev–Trinajstić information content (AvgIpc) is 3.65. The van der Waals surface area contributed by atoms with Gasteiger partial charge in [-0.15, -0.1) is 0 Å². The van der Waals surface area contributed by atoms with Gasteiger partial charge >= 0.3 is 5.97 Å². The third-order valence-corrected chi connectivity index (χ3v) is 11.5. The number of imidazole rings is 1. The minimum absolute atomic E-state index is 0.0168. The van der Waals surface area contributed by atoms with Crippen LogP contribution < -0.4 is 10.2 Å². The highest BCUT2D eigenvalue weighted by atomic mass is 16.4. The molecular formula is C37H38N8O3. The number of hydrogen-bond donors (Lipinski definition) is 2. The van der Waals surface area contributed by atoms with Crippen LogP contribution in [0.2, 0.25) is 0 Å². The van der Waals surface area contributed by atoms with Crippen molar-refractivity contribution in [2.45, 2.75) is 65.0 Å². The van der Waals surface area contributed by atoms with Gasteiger partial charge in [0.2, 0.25) is 0 Å². The Kier molecular flexibility index (Phi) is 6.67. The van der Waals surface area contributed by atoms with E-state index < -0.39 is 5.97 Å². The molecule has 11 nitrogen and oxygen atoms in total. The fourth-order valence-electron chi connectivity index (χ4n) is 9.75. The van der Waals surface area contributed by atoms with Crippen LogP contribution in [-0.2, 0) is 19.5 Å². The first-order valence-electron chi connectivity index (χ1n) is 17.0. The van der Waals surface area contributed by atoms with Gasteiger partial charge in [0.15, 0.2) is 17.2 Å². The van der Waals surface area contributed by atoms with E-state index in [2.05, 4.69) is 31.8 Å². The number of carbonyl (C=O) groups excluding carboxylic acids is 1. The highest BCUT2D eigenvalue weighted by Crippen LogP contribution is 2.60. The zero-order valence-corrected chi connectivity index (χ0v) is 27.0. The van der Waals surface area contributed by atoms with Gasteiger partial charge in [0.25, 0.3) is 5.91 Å². The summed E-state index contributed by atoms with van der Waals surface area (Å²) in [6.07, 6.45) is 17.5. The lowest BCUT2D eigenvalue weighted by Crippen LogP contribution is -2.48. The maximum absolute atomic E-state index is 13.5. The van der Waals surface area contributed by atoms with E-state index in [1.165, 1.54) is 38.5 Å². The molecular weight excluding hydrogens is 604 g/mol. The second kappa shape index (κ2) is 11.0. The third-order valence-electron chi connectivity index (χ3n) is 11.5. The number of anilines is 2. The second-order valence-electron chi connectivity index (χ2n) is 14.6. The Balaban J connectivity index is 0.970. The Morgan fingerprint density at radius 2 is 1.79 bits per heavy atom. The molecule has 4 bridgehead atoms. The van der Waals surface area contributed by atoms with Crippen molar-refractivity contribution in [3.63, 3.8) is 0 Å². The maximum Gasteiger partial charge on any atom is 0.355 e. The van der Waals surface area contributed by atoms with Gasteiger partial charge in [0.05, 0.1) is 18.6 Å². The number of nitrogens with zero attached hydrogens (tertiary/aromatic N) is 7. The number of rotatable bonds is 7. The van der Waals surface area contributed by atoms with Gasteiger partial charge in [-0.2, -0.15) is 5.10 Å². The highest BCUT2D eigenvalue weighted by molar-refractivity contribution is 6.05. The Labute approximate surface area is 278 Å². The Morgan fingerprint density at radius 3 is 2.54 bits per heavy atom. The Hall–Kier alpha value is -5.06. The van der Waals surface area contributed by atoms with Gasteiger partial charge in [-0.1, -0.05) is 12.1 Å². The number of amides is 1. The molecule has 5 aliphatic rings. The average molecular weight is 643 g/mol. The molecule has 244 valence electrons. The number of pyridine rings is 1. The van der Waals surface area contributed by atoms with Crippen molar-refractivity contribution in [3.8, 4) is 11.1 Å². The highest BCUT2D eigenvalue weighted by Gasteiger charge is 2.51. The van der Waals surface area contributed by atoms with Crippen LogP contribution in [0.3, 0.4) is 0 Å². The summed E-state index contributed by atoms with van der Waals surface area (Å²) in [6.45, 7) is 4.06. The number of aromatic nitrogens is 6. The number of fused-ring (bicyclic) bond motifs is 2. The summed E-state index contributed by atoms with van der Waals surface area (Å²) in [5, 5.41) is 18.1. The predicted octanol–water partition coefficient (Wildman–Crippen LogP) is 6.03. The molecule has 5 aromatic rings. The number of carboxylic acid groups (broad SMARTS) is 1. The summed E-state index contributed by atoms with van der Waals surface area (Å²) in [5.41, 5.74) is 5.93. The minimum atomic E-state index is -1.07. The van der Waals surface area contributed by atoms with Crippen molar-refractivity contribution >= 4 is 29.2 Å². The zero-order chi connectivity index (χ0) is 32.6. The van der Waals surface area contributed by atoms with Crippen molar-refractivity contribution in [2.75, 3.05) is 16.8 Å². The molecule has 4 aromatic heterocycles. The number of carbonyl (C=O) groups is 2. The summed E-state index contributed by atoms with van der Waals surface area (Å²) in [6, 6.07) is 9.53. The third kappa shape index (κ3) is 4.94. The van der Waals surface area contributed by atoms with Crippen LogP contribution >= 0.6 is 0 Å². The van der Waals surface area contributed by atoms with Crippen LogP contribution in [0.5, 0.6) is 0 Å². The van der Waals surface area contributed by atoms with E-state index in [0.29, 0.717) is 53.3 Å². The quantitative estimate of drug-likeness (QED) is 0.220. The van der Waals surface area contributed by atoms with Gasteiger partial charge in [-0.3, -0.25) is 14.5 Å². The van der Waals surface area contributed by atoms with Crippen molar-refractivity contribution < 1.29 is 14.7 Å². The number of carboxylic acids is 1. The van der Waals surface area contributed by atoms with Crippen molar-refractivity contribution in [3.05, 3.63) is 89.4 Å². The van der Waals surface area contributed by atoms with Crippen molar-refractivity contribution in [2.24, 2.45) is 23.2 Å². The molecule has 10 rings (SSSR count). The molecule has 1 aromatic carbocycles. The molecule has 1 amide bonds. The Bertz CT molecular complexity index is 2030. The molecule has 5 heterocycles. The molecule has 1 aliphatic heterocycles. The summed E-state index contributed by atoms with van der Waals surface area (Å²) in [5.74, 6) is 2.29. The van der Waals surface area contributed by atoms with Gasteiger partial charge in [0, 0.05) is 54.4 Å².